The molecule has 0 spiro atoms. The van der Waals surface area contributed by atoms with Crippen LogP contribution in [0.25, 0.3) is 0 Å². The Kier molecular flexibility index (Phi) is 6.61. The number of aromatic carboxylic acids is 1. The van der Waals surface area contributed by atoms with Gasteiger partial charge in [0.2, 0.25) is 0 Å². The number of alkyl halides is 1. The van der Waals surface area contributed by atoms with Crippen molar-refractivity contribution in [3.63, 3.8) is 0 Å². The number of nitrogens with one attached hydrogen (secondary N) is 1. The molecule has 35 heavy (non-hydrogen) atoms. The maximum absolute atomic E-state index is 12.0. The van der Waals surface area contributed by atoms with E-state index >= 15 is 0 Å². The van der Waals surface area contributed by atoms with E-state index in [0.29, 0.717) is 27.0 Å². The smallest absolute Gasteiger partial charge is 0.337 e. The summed E-state index contributed by atoms with van der Waals surface area (Å²) in [4.78, 5) is 23.8. The second-order valence-electron chi connectivity index (χ2n) is 8.61. The number of carboxylic acids is 1. The summed E-state index contributed by atoms with van der Waals surface area (Å²) in [5.74, 6) is -1.24. The Balaban J connectivity index is 1.60. The molecule has 2 aliphatic rings. The van der Waals surface area contributed by atoms with Gasteiger partial charge in [-0.05, 0) is 47.7 Å². The summed E-state index contributed by atoms with van der Waals surface area (Å²) in [6, 6.07) is 16.8. The molecule has 10 heteroatoms. The van der Waals surface area contributed by atoms with Crippen molar-refractivity contribution in [2.75, 3.05) is 5.32 Å². The SMILES string of the molecule is O=C(O)c1cccc2c1N[C@H](c1ccc(Cl)cc1Cl)[C@@H]1C[C@H](Sc3ccccc3[N+](=O)[O-])[C@H](Cl)[C@@H]21. The molecule has 1 heterocycles. The molecule has 0 aromatic heterocycles. The molecular formula is C25H19Cl3N2O4S. The lowest BCUT2D eigenvalue weighted by Gasteiger charge is -2.39. The Hall–Kier alpha value is -2.45. The fourth-order valence-electron chi connectivity index (χ4n) is 5.25. The highest BCUT2D eigenvalue weighted by Crippen LogP contribution is 2.59. The Morgan fingerprint density at radius 2 is 1.86 bits per heavy atom. The molecule has 0 bridgehead atoms. The molecule has 1 aliphatic heterocycles. The number of halogens is 3. The summed E-state index contributed by atoms with van der Waals surface area (Å²) >= 11 is 21.2. The number of thioether (sulfide) groups is 1. The number of nitro benzene ring substituents is 1. The van der Waals surface area contributed by atoms with Crippen LogP contribution in [0.2, 0.25) is 10.0 Å². The molecule has 1 aliphatic carbocycles. The van der Waals surface area contributed by atoms with Crippen LogP contribution in [-0.4, -0.2) is 26.6 Å². The molecule has 2 N–H and O–H groups in total. The van der Waals surface area contributed by atoms with E-state index < -0.39 is 5.97 Å². The first kappa shape index (κ1) is 24.3. The third-order valence-electron chi connectivity index (χ3n) is 6.72. The van der Waals surface area contributed by atoms with Crippen LogP contribution in [0.15, 0.2) is 65.6 Å². The average molecular weight is 550 g/mol. The van der Waals surface area contributed by atoms with Gasteiger partial charge in [0.25, 0.3) is 5.69 Å². The van der Waals surface area contributed by atoms with E-state index in [-0.39, 0.29) is 44.7 Å². The van der Waals surface area contributed by atoms with Gasteiger partial charge in [0.15, 0.2) is 0 Å². The van der Waals surface area contributed by atoms with Crippen molar-refractivity contribution in [1.82, 2.24) is 0 Å². The highest BCUT2D eigenvalue weighted by atomic mass is 35.5. The average Bonchev–Trinajstić information content (AvgIpc) is 3.14. The zero-order chi connectivity index (χ0) is 24.9. The molecule has 6 nitrogen and oxygen atoms in total. The van der Waals surface area contributed by atoms with Crippen molar-refractivity contribution in [1.29, 1.82) is 0 Å². The number of nitrogens with zero attached hydrogens (tertiary/aromatic N) is 1. The summed E-state index contributed by atoms with van der Waals surface area (Å²) in [5, 5.41) is 25.3. The van der Waals surface area contributed by atoms with Crippen LogP contribution in [0.3, 0.4) is 0 Å². The lowest BCUT2D eigenvalue weighted by molar-refractivity contribution is -0.387. The second kappa shape index (κ2) is 9.54. The van der Waals surface area contributed by atoms with Gasteiger partial charge in [0, 0.05) is 27.3 Å². The fraction of sp³-hybridized carbons (Fsp3) is 0.240. The van der Waals surface area contributed by atoms with Gasteiger partial charge < -0.3 is 10.4 Å². The van der Waals surface area contributed by atoms with Gasteiger partial charge in [-0.25, -0.2) is 4.79 Å². The second-order valence-corrected chi connectivity index (χ2v) is 11.2. The van der Waals surface area contributed by atoms with Crippen LogP contribution < -0.4 is 5.32 Å². The Labute approximate surface area is 220 Å². The van der Waals surface area contributed by atoms with E-state index in [1.54, 1.807) is 42.5 Å². The van der Waals surface area contributed by atoms with Crippen LogP contribution in [-0.2, 0) is 0 Å². The minimum absolute atomic E-state index is 0.0204. The monoisotopic (exact) mass is 548 g/mol. The van der Waals surface area contributed by atoms with Gasteiger partial charge in [0.05, 0.1) is 32.5 Å². The molecule has 3 aromatic carbocycles. The number of para-hydroxylation sites is 2. The quantitative estimate of drug-likeness (QED) is 0.193. The molecule has 0 saturated heterocycles. The Bertz CT molecular complexity index is 1340. The van der Waals surface area contributed by atoms with Crippen LogP contribution in [0.5, 0.6) is 0 Å². The first-order valence-electron chi connectivity index (χ1n) is 10.9. The Morgan fingerprint density at radius 3 is 2.57 bits per heavy atom. The molecule has 1 fully saturated rings. The van der Waals surface area contributed by atoms with Crippen molar-refractivity contribution in [3.8, 4) is 0 Å². The summed E-state index contributed by atoms with van der Waals surface area (Å²) in [5.41, 5.74) is 2.37. The maximum Gasteiger partial charge on any atom is 0.337 e. The van der Waals surface area contributed by atoms with Crippen LogP contribution in [0, 0.1) is 16.0 Å². The number of carbonyl (C=O) groups is 1. The number of rotatable bonds is 5. The van der Waals surface area contributed by atoms with E-state index in [1.807, 2.05) is 12.1 Å². The van der Waals surface area contributed by atoms with Gasteiger partial charge in [-0.2, -0.15) is 0 Å². The number of nitro groups is 1. The predicted molar refractivity (Wildman–Crippen MR) is 139 cm³/mol. The molecule has 180 valence electrons. The summed E-state index contributed by atoms with van der Waals surface area (Å²) in [6.45, 7) is 0. The third-order valence-corrected chi connectivity index (χ3v) is 9.39. The van der Waals surface area contributed by atoms with Crippen molar-refractivity contribution in [2.45, 2.75) is 33.9 Å². The van der Waals surface area contributed by atoms with Crippen LogP contribution in [0.1, 0.15) is 39.9 Å². The number of fused-ring (bicyclic) bond motifs is 3. The zero-order valence-corrected chi connectivity index (χ0v) is 21.1. The first-order chi connectivity index (χ1) is 16.8. The summed E-state index contributed by atoms with van der Waals surface area (Å²) in [7, 11) is 0. The number of anilines is 1. The van der Waals surface area contributed by atoms with Crippen LogP contribution in [0.4, 0.5) is 11.4 Å². The number of benzene rings is 3. The van der Waals surface area contributed by atoms with Gasteiger partial charge in [0.1, 0.15) is 0 Å². The predicted octanol–water partition coefficient (Wildman–Crippen LogP) is 7.64. The normalized spacial score (nSPS) is 24.8. The molecule has 3 aromatic rings. The minimum Gasteiger partial charge on any atom is -0.478 e. The molecule has 0 unspecified atom stereocenters. The van der Waals surface area contributed by atoms with E-state index in [2.05, 4.69) is 5.32 Å². The number of carboxylic acid groups (broad SMARTS) is 1. The zero-order valence-electron chi connectivity index (χ0n) is 18.0. The molecule has 1 saturated carbocycles. The van der Waals surface area contributed by atoms with Crippen molar-refractivity contribution in [3.05, 3.63) is 97.5 Å². The third kappa shape index (κ3) is 4.35. The lowest BCUT2D eigenvalue weighted by Crippen LogP contribution is -2.32. The molecule has 0 amide bonds. The summed E-state index contributed by atoms with van der Waals surface area (Å²) < 4.78 is 0. The van der Waals surface area contributed by atoms with Gasteiger partial charge in [-0.1, -0.05) is 53.5 Å². The summed E-state index contributed by atoms with van der Waals surface area (Å²) in [6.07, 6.45) is 0.656. The Morgan fingerprint density at radius 1 is 1.09 bits per heavy atom. The van der Waals surface area contributed by atoms with Crippen molar-refractivity contribution >= 4 is 63.9 Å². The van der Waals surface area contributed by atoms with Crippen LogP contribution >= 0.6 is 46.6 Å². The van der Waals surface area contributed by atoms with Gasteiger partial charge in [-0.15, -0.1) is 23.4 Å². The minimum atomic E-state index is -1.04. The molecule has 5 rings (SSSR count). The number of hydrogen-bond acceptors (Lipinski definition) is 5. The molecule has 5 atom stereocenters. The maximum atomic E-state index is 12.0. The highest BCUT2D eigenvalue weighted by Gasteiger charge is 2.51. The molecular weight excluding hydrogens is 531 g/mol. The highest BCUT2D eigenvalue weighted by molar-refractivity contribution is 8.00. The van der Waals surface area contributed by atoms with Crippen molar-refractivity contribution < 1.29 is 14.8 Å². The molecule has 0 radical (unpaired) electrons. The fourth-order valence-corrected chi connectivity index (χ4v) is 7.72. The van der Waals surface area contributed by atoms with E-state index in [4.69, 9.17) is 34.8 Å². The van der Waals surface area contributed by atoms with E-state index in [0.717, 1.165) is 11.1 Å². The number of hydrogen-bond donors (Lipinski definition) is 2. The van der Waals surface area contributed by atoms with Crippen molar-refractivity contribution in [2.24, 2.45) is 5.92 Å². The van der Waals surface area contributed by atoms with Gasteiger partial charge >= 0.3 is 5.97 Å². The van der Waals surface area contributed by atoms with Gasteiger partial charge in [-0.3, -0.25) is 10.1 Å². The topological polar surface area (TPSA) is 92.5 Å². The first-order valence-corrected chi connectivity index (χ1v) is 12.9. The standard InChI is InChI=1S/C25H19Cl3N2O4S/c26-12-8-9-13(17(27)10-12)23-16-11-20(35-19-7-2-1-6-18(19)30(33)34)22(28)21(16)14-4-3-5-15(25(31)32)24(14)29-23/h1-10,16,20-23,29H,11H2,(H,31,32)/t16-,20+,21+,22+,23-/m1/s1. The lowest BCUT2D eigenvalue weighted by atomic mass is 9.76. The van der Waals surface area contributed by atoms with E-state index in [1.165, 1.54) is 17.8 Å². The largest absolute Gasteiger partial charge is 0.478 e. The van der Waals surface area contributed by atoms with E-state index in [9.17, 15) is 20.0 Å².